The van der Waals surface area contributed by atoms with Crippen molar-refractivity contribution in [1.29, 1.82) is 0 Å². The van der Waals surface area contributed by atoms with E-state index >= 15 is 0 Å². The van der Waals surface area contributed by atoms with Gasteiger partial charge >= 0.3 is 6.09 Å². The zero-order chi connectivity index (χ0) is 33.0. The Morgan fingerprint density at radius 3 is 2.35 bits per heavy atom. The molecule has 0 bridgehead atoms. The van der Waals surface area contributed by atoms with Crippen molar-refractivity contribution in [2.24, 2.45) is 5.92 Å². The number of nitrogens with zero attached hydrogens (tertiary/aromatic N) is 6. The number of carbonyl (C=O) groups is 3. The SMILES string of the molecule is COC(=O)Nc1cnc(-c2ccccc2)n(CC(=O)NC(C(=O)c2nnc(C(C)(C)c3cnc4ccccc4n3)o2)C(C)C)c1=O. The molecule has 2 aromatic carbocycles. The van der Waals surface area contributed by atoms with Gasteiger partial charge in [0.25, 0.3) is 11.4 Å². The maximum absolute atomic E-state index is 13.6. The van der Waals surface area contributed by atoms with E-state index in [1.807, 2.05) is 38.1 Å². The van der Waals surface area contributed by atoms with Crippen molar-refractivity contribution in [2.75, 3.05) is 12.4 Å². The predicted molar refractivity (Wildman–Crippen MR) is 167 cm³/mol. The number of carbonyl (C=O) groups excluding carboxylic acids is 3. The lowest BCUT2D eigenvalue weighted by Gasteiger charge is -2.21. The quantitative estimate of drug-likeness (QED) is 0.216. The number of ether oxygens (including phenoxy) is 1. The van der Waals surface area contributed by atoms with Gasteiger partial charge in [-0.15, -0.1) is 10.2 Å². The normalized spacial score (nSPS) is 12.1. The van der Waals surface area contributed by atoms with E-state index < -0.39 is 41.3 Å². The minimum atomic E-state index is -1.07. The number of amides is 2. The van der Waals surface area contributed by atoms with E-state index in [2.05, 4.69) is 40.5 Å². The summed E-state index contributed by atoms with van der Waals surface area (Å²) in [4.78, 5) is 65.7. The fourth-order valence-electron chi connectivity index (χ4n) is 4.68. The molecule has 0 radical (unpaired) electrons. The number of hydrogen-bond donors (Lipinski definition) is 2. The molecule has 46 heavy (non-hydrogen) atoms. The van der Waals surface area contributed by atoms with E-state index in [1.165, 1.54) is 6.20 Å². The van der Waals surface area contributed by atoms with Gasteiger partial charge in [-0.3, -0.25) is 29.3 Å². The van der Waals surface area contributed by atoms with Crippen LogP contribution in [0.1, 0.15) is 50.0 Å². The molecule has 5 rings (SSSR count). The number of aromatic nitrogens is 6. The van der Waals surface area contributed by atoms with Crippen LogP contribution >= 0.6 is 0 Å². The van der Waals surface area contributed by atoms with E-state index in [4.69, 9.17) is 4.42 Å². The van der Waals surface area contributed by atoms with Crippen molar-refractivity contribution in [3.63, 3.8) is 0 Å². The molecule has 0 aliphatic rings. The maximum Gasteiger partial charge on any atom is 0.411 e. The molecular formula is C32H32N8O6. The molecule has 14 heteroatoms. The summed E-state index contributed by atoms with van der Waals surface area (Å²) in [5, 5.41) is 13.1. The van der Waals surface area contributed by atoms with Crippen molar-refractivity contribution < 1.29 is 23.5 Å². The smallest absolute Gasteiger partial charge is 0.411 e. The Bertz CT molecular complexity index is 1970. The Kier molecular flexibility index (Phi) is 8.98. The molecule has 0 aliphatic carbocycles. The Balaban J connectivity index is 1.39. The first kappa shape index (κ1) is 31.6. The third-order valence-electron chi connectivity index (χ3n) is 7.33. The van der Waals surface area contributed by atoms with Gasteiger partial charge < -0.3 is 14.5 Å². The molecule has 0 spiro atoms. The average Bonchev–Trinajstić information content (AvgIpc) is 3.57. The minimum absolute atomic E-state index is 0.148. The van der Waals surface area contributed by atoms with Crippen molar-refractivity contribution in [3.8, 4) is 11.4 Å². The van der Waals surface area contributed by atoms with E-state index in [1.54, 1.807) is 50.4 Å². The second-order valence-electron chi connectivity index (χ2n) is 11.3. The van der Waals surface area contributed by atoms with E-state index in [0.717, 1.165) is 17.2 Å². The molecule has 3 aromatic heterocycles. The van der Waals surface area contributed by atoms with Gasteiger partial charge in [-0.2, -0.15) is 0 Å². The summed E-state index contributed by atoms with van der Waals surface area (Å²) >= 11 is 0. The molecule has 0 aliphatic heterocycles. The molecular weight excluding hydrogens is 592 g/mol. The van der Waals surface area contributed by atoms with Gasteiger partial charge in [0, 0.05) is 5.56 Å². The van der Waals surface area contributed by atoms with Crippen LogP contribution in [0.15, 0.2) is 76.2 Å². The highest BCUT2D eigenvalue weighted by molar-refractivity contribution is 5.98. The molecule has 2 amide bonds. The highest BCUT2D eigenvalue weighted by atomic mass is 16.5. The predicted octanol–water partition coefficient (Wildman–Crippen LogP) is 3.76. The molecule has 5 aromatic rings. The number of Topliss-reactive ketones (excluding diaryl/α,β-unsaturated/α-hetero) is 1. The van der Waals surface area contributed by atoms with Crippen LogP contribution in [0.25, 0.3) is 22.4 Å². The van der Waals surface area contributed by atoms with Crippen LogP contribution in [-0.2, 0) is 21.5 Å². The number of methoxy groups -OCH3 is 1. The van der Waals surface area contributed by atoms with Crippen LogP contribution in [0.3, 0.4) is 0 Å². The number of benzene rings is 2. The van der Waals surface area contributed by atoms with Crippen LogP contribution < -0.4 is 16.2 Å². The first-order valence-corrected chi connectivity index (χ1v) is 14.4. The lowest BCUT2D eigenvalue weighted by atomic mass is 9.89. The van der Waals surface area contributed by atoms with Crippen molar-refractivity contribution in [2.45, 2.75) is 45.7 Å². The molecule has 236 valence electrons. The first-order chi connectivity index (χ1) is 22.0. The number of para-hydroxylation sites is 2. The zero-order valence-corrected chi connectivity index (χ0v) is 25.8. The summed E-state index contributed by atoms with van der Waals surface area (Å²) in [5.41, 5.74) is 0.799. The van der Waals surface area contributed by atoms with E-state index in [9.17, 15) is 19.2 Å². The summed E-state index contributed by atoms with van der Waals surface area (Å²) in [6.07, 6.45) is 1.94. The van der Waals surface area contributed by atoms with E-state index in [0.29, 0.717) is 16.8 Å². The number of nitrogens with one attached hydrogen (secondary N) is 2. The second-order valence-corrected chi connectivity index (χ2v) is 11.3. The third kappa shape index (κ3) is 6.50. The topological polar surface area (TPSA) is 184 Å². The molecule has 14 nitrogen and oxygen atoms in total. The number of fused-ring (bicyclic) bond motifs is 1. The number of rotatable bonds is 10. The highest BCUT2D eigenvalue weighted by Crippen LogP contribution is 2.30. The Labute approximate surface area is 263 Å². The number of anilines is 1. The van der Waals surface area contributed by atoms with Gasteiger partial charge in [0.2, 0.25) is 17.6 Å². The lowest BCUT2D eigenvalue weighted by molar-refractivity contribution is -0.122. The average molecular weight is 625 g/mol. The fraction of sp³-hybridized carbons (Fsp3) is 0.281. The standard InChI is InChI=1S/C32H32N8O6/c1-18(2)25(26(42)28-38-39-30(46-28)32(3,4)23-16-33-20-13-9-10-14-21(20)35-23)37-24(41)17-40-27(19-11-7-6-8-12-19)34-15-22(29(40)43)36-31(44)45-5/h6-16,18,25H,17H2,1-5H3,(H,36,44)(H,37,41). The van der Waals surface area contributed by atoms with Crippen LogP contribution in [0.5, 0.6) is 0 Å². The van der Waals surface area contributed by atoms with Crippen LogP contribution in [0.4, 0.5) is 10.5 Å². The van der Waals surface area contributed by atoms with Crippen LogP contribution in [0.2, 0.25) is 0 Å². The molecule has 0 fully saturated rings. The van der Waals surface area contributed by atoms with Crippen LogP contribution in [0, 0.1) is 5.92 Å². The minimum Gasteiger partial charge on any atom is -0.453 e. The highest BCUT2D eigenvalue weighted by Gasteiger charge is 2.35. The Morgan fingerprint density at radius 1 is 0.957 bits per heavy atom. The molecule has 1 unspecified atom stereocenters. The van der Waals surface area contributed by atoms with Crippen LogP contribution in [-0.4, -0.2) is 60.7 Å². The van der Waals surface area contributed by atoms with Gasteiger partial charge in [-0.1, -0.05) is 56.3 Å². The fourth-order valence-corrected chi connectivity index (χ4v) is 4.68. The first-order valence-electron chi connectivity index (χ1n) is 14.4. The van der Waals surface area contributed by atoms with Gasteiger partial charge in [-0.05, 0) is 31.9 Å². The summed E-state index contributed by atoms with van der Waals surface area (Å²) in [7, 11) is 1.15. The second kappa shape index (κ2) is 13.1. The summed E-state index contributed by atoms with van der Waals surface area (Å²) < 4.78 is 11.6. The largest absolute Gasteiger partial charge is 0.453 e. The summed E-state index contributed by atoms with van der Waals surface area (Å²) in [6, 6.07) is 15.1. The van der Waals surface area contributed by atoms with Gasteiger partial charge in [0.1, 0.15) is 18.1 Å². The van der Waals surface area contributed by atoms with E-state index in [-0.39, 0.29) is 29.2 Å². The Morgan fingerprint density at radius 2 is 1.65 bits per heavy atom. The molecule has 3 heterocycles. The number of hydrogen-bond acceptors (Lipinski definition) is 11. The lowest BCUT2D eigenvalue weighted by Crippen LogP contribution is -2.46. The molecule has 2 N–H and O–H groups in total. The number of ketones is 1. The van der Waals surface area contributed by atoms with Crippen molar-refractivity contribution in [3.05, 3.63) is 94.8 Å². The summed E-state index contributed by atoms with van der Waals surface area (Å²) in [6.45, 7) is 6.65. The van der Waals surface area contributed by atoms with Crippen molar-refractivity contribution >= 4 is 34.5 Å². The maximum atomic E-state index is 13.6. The Hall–Kier alpha value is -5.79. The summed E-state index contributed by atoms with van der Waals surface area (Å²) in [5.74, 6) is -1.60. The zero-order valence-electron chi connectivity index (χ0n) is 25.8. The van der Waals surface area contributed by atoms with Gasteiger partial charge in [0.05, 0.1) is 47.7 Å². The molecule has 0 saturated carbocycles. The van der Waals surface area contributed by atoms with Gasteiger partial charge in [-0.25, -0.2) is 14.8 Å². The molecule has 1 atom stereocenters. The third-order valence-corrected chi connectivity index (χ3v) is 7.33. The van der Waals surface area contributed by atoms with Crippen molar-refractivity contribution in [1.82, 2.24) is 35.0 Å². The van der Waals surface area contributed by atoms with Gasteiger partial charge in [0.15, 0.2) is 0 Å². The molecule has 0 saturated heterocycles. The monoisotopic (exact) mass is 624 g/mol.